The van der Waals surface area contributed by atoms with E-state index in [0.29, 0.717) is 6.61 Å². The first-order valence-corrected chi connectivity index (χ1v) is 6.68. The SMILES string of the molecule is C#Cc1cc(OCCCC)ccc1OCCCC. The highest BCUT2D eigenvalue weighted by atomic mass is 16.5. The van der Waals surface area contributed by atoms with Crippen LogP contribution in [0.3, 0.4) is 0 Å². The van der Waals surface area contributed by atoms with Crippen LogP contribution in [0.1, 0.15) is 45.1 Å². The number of ether oxygens (including phenoxy) is 2. The molecule has 0 aromatic heterocycles. The van der Waals surface area contributed by atoms with E-state index in [2.05, 4.69) is 19.8 Å². The zero-order chi connectivity index (χ0) is 13.2. The van der Waals surface area contributed by atoms with Gasteiger partial charge < -0.3 is 9.47 Å². The van der Waals surface area contributed by atoms with Crippen LogP contribution >= 0.6 is 0 Å². The molecule has 0 heterocycles. The Morgan fingerprint density at radius 1 is 1.06 bits per heavy atom. The van der Waals surface area contributed by atoms with Crippen molar-refractivity contribution in [2.75, 3.05) is 13.2 Å². The van der Waals surface area contributed by atoms with E-state index in [9.17, 15) is 0 Å². The Kier molecular flexibility index (Phi) is 6.79. The van der Waals surface area contributed by atoms with Crippen molar-refractivity contribution in [3.8, 4) is 23.8 Å². The molecule has 0 saturated carbocycles. The Bertz CT molecular complexity index is 391. The molecule has 1 aromatic rings. The van der Waals surface area contributed by atoms with Crippen LogP contribution < -0.4 is 9.47 Å². The smallest absolute Gasteiger partial charge is 0.135 e. The van der Waals surface area contributed by atoms with E-state index in [1.165, 1.54) is 0 Å². The normalized spacial score (nSPS) is 9.83. The summed E-state index contributed by atoms with van der Waals surface area (Å²) >= 11 is 0. The highest BCUT2D eigenvalue weighted by Crippen LogP contribution is 2.24. The average molecular weight is 246 g/mol. The minimum absolute atomic E-state index is 0.710. The molecule has 0 aliphatic carbocycles. The summed E-state index contributed by atoms with van der Waals surface area (Å²) in [6, 6.07) is 5.68. The highest BCUT2D eigenvalue weighted by molar-refractivity contribution is 5.49. The van der Waals surface area contributed by atoms with Crippen LogP contribution in [0.25, 0.3) is 0 Å². The first-order valence-electron chi connectivity index (χ1n) is 6.68. The molecule has 0 aliphatic rings. The second kappa shape index (κ2) is 8.47. The summed E-state index contributed by atoms with van der Waals surface area (Å²) in [4.78, 5) is 0. The maximum absolute atomic E-state index is 5.65. The van der Waals surface area contributed by atoms with Crippen molar-refractivity contribution in [1.82, 2.24) is 0 Å². The van der Waals surface area contributed by atoms with Crippen molar-refractivity contribution in [3.63, 3.8) is 0 Å². The van der Waals surface area contributed by atoms with Gasteiger partial charge in [0.25, 0.3) is 0 Å². The van der Waals surface area contributed by atoms with Gasteiger partial charge >= 0.3 is 0 Å². The Labute approximate surface area is 110 Å². The molecule has 0 saturated heterocycles. The van der Waals surface area contributed by atoms with Crippen LogP contribution in [0.15, 0.2) is 18.2 Å². The van der Waals surface area contributed by atoms with E-state index in [1.807, 2.05) is 18.2 Å². The van der Waals surface area contributed by atoms with Gasteiger partial charge in [0.2, 0.25) is 0 Å². The molecule has 0 spiro atoms. The van der Waals surface area contributed by atoms with Crippen molar-refractivity contribution in [2.45, 2.75) is 39.5 Å². The molecular formula is C16H22O2. The van der Waals surface area contributed by atoms with Crippen LogP contribution in [-0.4, -0.2) is 13.2 Å². The Balaban J connectivity index is 2.62. The van der Waals surface area contributed by atoms with Gasteiger partial charge in [-0.05, 0) is 31.0 Å². The summed E-state index contributed by atoms with van der Waals surface area (Å²) in [6.07, 6.45) is 9.83. The molecule has 0 bridgehead atoms. The van der Waals surface area contributed by atoms with Gasteiger partial charge in [-0.25, -0.2) is 0 Å². The molecule has 0 radical (unpaired) electrons. The largest absolute Gasteiger partial charge is 0.494 e. The topological polar surface area (TPSA) is 18.5 Å². The van der Waals surface area contributed by atoms with E-state index in [1.54, 1.807) is 0 Å². The molecule has 0 aliphatic heterocycles. The summed E-state index contributed by atoms with van der Waals surface area (Å²) in [5, 5.41) is 0. The van der Waals surface area contributed by atoms with Crippen molar-refractivity contribution >= 4 is 0 Å². The summed E-state index contributed by atoms with van der Waals surface area (Å²) < 4.78 is 11.3. The fourth-order valence-electron chi connectivity index (χ4n) is 1.50. The Morgan fingerprint density at radius 3 is 2.33 bits per heavy atom. The van der Waals surface area contributed by atoms with Gasteiger partial charge in [-0.1, -0.05) is 32.6 Å². The molecule has 2 nitrogen and oxygen atoms in total. The lowest BCUT2D eigenvalue weighted by Crippen LogP contribution is -2.00. The molecule has 0 atom stereocenters. The van der Waals surface area contributed by atoms with Crippen LogP contribution in [0.2, 0.25) is 0 Å². The maximum atomic E-state index is 5.65. The van der Waals surface area contributed by atoms with Crippen molar-refractivity contribution < 1.29 is 9.47 Å². The number of terminal acetylenes is 1. The third kappa shape index (κ3) is 4.71. The molecule has 0 fully saturated rings. The molecule has 1 aromatic carbocycles. The van der Waals surface area contributed by atoms with Gasteiger partial charge in [-0.2, -0.15) is 0 Å². The van der Waals surface area contributed by atoms with Crippen LogP contribution in [0, 0.1) is 12.3 Å². The van der Waals surface area contributed by atoms with Gasteiger partial charge in [-0.15, -0.1) is 6.42 Å². The standard InChI is InChI=1S/C16H22O2/c1-4-7-11-17-15-9-10-16(14(6-3)13-15)18-12-8-5-2/h3,9-10,13H,4-5,7-8,11-12H2,1-2H3. The van der Waals surface area contributed by atoms with E-state index >= 15 is 0 Å². The predicted molar refractivity (Wildman–Crippen MR) is 75.2 cm³/mol. The summed E-state index contributed by atoms with van der Waals surface area (Å²) in [5.74, 6) is 4.24. The first-order chi connectivity index (χ1) is 8.81. The molecule has 0 amide bonds. The predicted octanol–water partition coefficient (Wildman–Crippen LogP) is 4.03. The van der Waals surface area contributed by atoms with Crippen LogP contribution in [0.5, 0.6) is 11.5 Å². The summed E-state index contributed by atoms with van der Waals surface area (Å²) in [5.41, 5.74) is 0.764. The van der Waals surface area contributed by atoms with E-state index in [0.717, 1.165) is 49.4 Å². The molecule has 98 valence electrons. The van der Waals surface area contributed by atoms with Crippen molar-refractivity contribution in [1.29, 1.82) is 0 Å². The zero-order valence-corrected chi connectivity index (χ0v) is 11.4. The zero-order valence-electron chi connectivity index (χ0n) is 11.4. The first kappa shape index (κ1) is 14.4. The Hall–Kier alpha value is -1.62. The monoisotopic (exact) mass is 246 g/mol. The Morgan fingerprint density at radius 2 is 1.72 bits per heavy atom. The maximum Gasteiger partial charge on any atom is 0.135 e. The van der Waals surface area contributed by atoms with Crippen LogP contribution in [-0.2, 0) is 0 Å². The van der Waals surface area contributed by atoms with E-state index < -0.39 is 0 Å². The van der Waals surface area contributed by atoms with Crippen molar-refractivity contribution in [2.24, 2.45) is 0 Å². The summed E-state index contributed by atoms with van der Waals surface area (Å²) in [6.45, 7) is 5.72. The van der Waals surface area contributed by atoms with E-state index in [4.69, 9.17) is 15.9 Å². The lowest BCUT2D eigenvalue weighted by atomic mass is 10.2. The number of unbranched alkanes of at least 4 members (excludes halogenated alkanes) is 2. The van der Waals surface area contributed by atoms with E-state index in [-0.39, 0.29) is 0 Å². The average Bonchev–Trinajstić information content (AvgIpc) is 2.40. The van der Waals surface area contributed by atoms with Gasteiger partial charge in [-0.3, -0.25) is 0 Å². The van der Waals surface area contributed by atoms with Gasteiger partial charge in [0.05, 0.1) is 18.8 Å². The molecule has 2 heteroatoms. The van der Waals surface area contributed by atoms with Gasteiger partial charge in [0.15, 0.2) is 0 Å². The minimum atomic E-state index is 0.710. The molecule has 0 N–H and O–H groups in total. The lowest BCUT2D eigenvalue weighted by molar-refractivity contribution is 0.300. The van der Waals surface area contributed by atoms with Gasteiger partial charge in [0.1, 0.15) is 11.5 Å². The fraction of sp³-hybridized carbons (Fsp3) is 0.500. The highest BCUT2D eigenvalue weighted by Gasteiger charge is 2.04. The molecule has 1 rings (SSSR count). The number of hydrogen-bond donors (Lipinski definition) is 0. The summed E-state index contributed by atoms with van der Waals surface area (Å²) in [7, 11) is 0. The third-order valence-corrected chi connectivity index (χ3v) is 2.63. The quantitative estimate of drug-likeness (QED) is 0.509. The molecule has 18 heavy (non-hydrogen) atoms. The lowest BCUT2D eigenvalue weighted by Gasteiger charge is -2.10. The number of benzene rings is 1. The van der Waals surface area contributed by atoms with Crippen molar-refractivity contribution in [3.05, 3.63) is 23.8 Å². The van der Waals surface area contributed by atoms with Crippen LogP contribution in [0.4, 0.5) is 0 Å². The number of hydrogen-bond acceptors (Lipinski definition) is 2. The minimum Gasteiger partial charge on any atom is -0.494 e. The second-order valence-electron chi connectivity index (χ2n) is 4.21. The fourth-order valence-corrected chi connectivity index (χ4v) is 1.50. The van der Waals surface area contributed by atoms with Gasteiger partial charge in [0, 0.05) is 0 Å². The molecular weight excluding hydrogens is 224 g/mol. The number of rotatable bonds is 8. The molecule has 0 unspecified atom stereocenters. The second-order valence-corrected chi connectivity index (χ2v) is 4.21. The third-order valence-electron chi connectivity index (χ3n) is 2.63.